The number of piperidine rings is 1. The van der Waals surface area contributed by atoms with Gasteiger partial charge >= 0.3 is 6.09 Å². The van der Waals surface area contributed by atoms with Crippen LogP contribution in [-0.4, -0.2) is 71.5 Å². The van der Waals surface area contributed by atoms with Crippen LogP contribution < -0.4 is 4.74 Å². The van der Waals surface area contributed by atoms with Crippen molar-refractivity contribution in [3.05, 3.63) is 28.8 Å². The van der Waals surface area contributed by atoms with E-state index in [1.807, 2.05) is 26.8 Å². The Labute approximate surface area is 202 Å². The first-order valence-corrected chi connectivity index (χ1v) is 12.7. The van der Waals surface area contributed by atoms with E-state index >= 15 is 0 Å². The smallest absolute Gasteiger partial charge is 0.410 e. The Balaban J connectivity index is 1.60. The maximum absolute atomic E-state index is 13.0. The number of methoxy groups -OCH3 is 1. The highest BCUT2D eigenvalue weighted by molar-refractivity contribution is 5.68. The zero-order valence-corrected chi connectivity index (χ0v) is 20.9. The van der Waals surface area contributed by atoms with Gasteiger partial charge in [-0.15, -0.1) is 0 Å². The molecule has 184 valence electrons. The Morgan fingerprint density at radius 1 is 1.21 bits per heavy atom. The molecule has 0 aromatic heterocycles. The molecule has 3 fully saturated rings. The van der Waals surface area contributed by atoms with Gasteiger partial charge in [-0.1, -0.05) is 6.07 Å². The maximum atomic E-state index is 13.0. The first kappa shape index (κ1) is 23.4. The van der Waals surface area contributed by atoms with E-state index in [4.69, 9.17) is 9.47 Å². The molecule has 1 saturated carbocycles. The minimum atomic E-state index is -1.01. The van der Waals surface area contributed by atoms with Crippen molar-refractivity contribution < 1.29 is 19.4 Å². The van der Waals surface area contributed by atoms with E-state index in [0.717, 1.165) is 43.0 Å². The van der Waals surface area contributed by atoms with Gasteiger partial charge in [-0.25, -0.2) is 4.79 Å². The van der Waals surface area contributed by atoms with Crippen molar-refractivity contribution in [2.75, 3.05) is 33.3 Å². The van der Waals surface area contributed by atoms with Crippen molar-refractivity contribution >= 4 is 6.09 Å². The van der Waals surface area contributed by atoms with E-state index in [2.05, 4.69) is 17.0 Å². The summed E-state index contributed by atoms with van der Waals surface area (Å²) in [4.78, 5) is 17.3. The number of rotatable bonds is 3. The summed E-state index contributed by atoms with van der Waals surface area (Å²) in [6, 6.07) is 6.18. The highest BCUT2D eigenvalue weighted by Crippen LogP contribution is 2.59. The number of carbonyl (C=O) groups excluding carboxylic acids is 1. The van der Waals surface area contributed by atoms with Gasteiger partial charge in [-0.2, -0.15) is 5.26 Å². The van der Waals surface area contributed by atoms with Crippen molar-refractivity contribution in [1.82, 2.24) is 9.80 Å². The predicted molar refractivity (Wildman–Crippen MR) is 128 cm³/mol. The number of nitriles is 1. The van der Waals surface area contributed by atoms with Crippen LogP contribution in [0.15, 0.2) is 12.1 Å². The molecule has 5 rings (SSSR count). The van der Waals surface area contributed by atoms with Crippen molar-refractivity contribution in [1.29, 1.82) is 5.26 Å². The number of amides is 1. The van der Waals surface area contributed by atoms with Gasteiger partial charge in [0.05, 0.1) is 18.3 Å². The van der Waals surface area contributed by atoms with Gasteiger partial charge in [0.1, 0.15) is 17.4 Å². The summed E-state index contributed by atoms with van der Waals surface area (Å²) < 4.78 is 11.5. The number of fused-ring (bicyclic) bond motifs is 1. The molecular weight excluding hydrogens is 430 g/mol. The van der Waals surface area contributed by atoms with E-state index in [1.165, 1.54) is 12.8 Å². The summed E-state index contributed by atoms with van der Waals surface area (Å²) in [5.41, 5.74) is 0.512. The van der Waals surface area contributed by atoms with Crippen LogP contribution in [0.1, 0.15) is 69.6 Å². The molecule has 2 saturated heterocycles. The number of aliphatic hydroxyl groups is 1. The minimum Gasteiger partial charge on any atom is -0.495 e. The lowest BCUT2D eigenvalue weighted by molar-refractivity contribution is -0.149. The summed E-state index contributed by atoms with van der Waals surface area (Å²) in [6.07, 6.45) is 4.84. The number of hydrogen-bond donors (Lipinski definition) is 1. The van der Waals surface area contributed by atoms with Crippen LogP contribution in [0.25, 0.3) is 0 Å². The Morgan fingerprint density at radius 3 is 2.56 bits per heavy atom. The number of hydrogen-bond acceptors (Lipinski definition) is 6. The van der Waals surface area contributed by atoms with Gasteiger partial charge in [-0.3, -0.25) is 4.90 Å². The van der Waals surface area contributed by atoms with E-state index in [0.29, 0.717) is 37.2 Å². The molecule has 1 amide bonds. The summed E-state index contributed by atoms with van der Waals surface area (Å²) >= 11 is 0. The molecule has 0 spiro atoms. The Kier molecular flexibility index (Phi) is 5.61. The second-order valence-corrected chi connectivity index (χ2v) is 11.7. The van der Waals surface area contributed by atoms with Crippen molar-refractivity contribution in [2.45, 2.75) is 82.0 Å². The largest absolute Gasteiger partial charge is 0.495 e. The highest BCUT2D eigenvalue weighted by Gasteiger charge is 2.64. The molecule has 4 aliphatic rings. The van der Waals surface area contributed by atoms with Crippen molar-refractivity contribution in [3.8, 4) is 11.8 Å². The Hall–Kier alpha value is -2.30. The van der Waals surface area contributed by atoms with Crippen LogP contribution in [0.5, 0.6) is 5.75 Å². The summed E-state index contributed by atoms with van der Waals surface area (Å²) in [5, 5.41) is 22.4. The molecule has 7 heteroatoms. The third-order valence-corrected chi connectivity index (χ3v) is 8.52. The average Bonchev–Trinajstić information content (AvgIpc) is 3.60. The van der Waals surface area contributed by atoms with Gasteiger partial charge in [0.2, 0.25) is 0 Å². The molecular formula is C27H37N3O4. The second-order valence-electron chi connectivity index (χ2n) is 11.7. The van der Waals surface area contributed by atoms with Crippen LogP contribution in [0, 0.1) is 17.2 Å². The lowest BCUT2D eigenvalue weighted by Crippen LogP contribution is -2.71. The van der Waals surface area contributed by atoms with Crippen LogP contribution in [-0.2, 0) is 16.6 Å². The average molecular weight is 468 g/mol. The molecule has 0 radical (unpaired) electrons. The number of benzene rings is 1. The molecule has 7 nitrogen and oxygen atoms in total. The fraction of sp³-hybridized carbons (Fsp3) is 0.704. The van der Waals surface area contributed by atoms with Crippen LogP contribution in [0.3, 0.4) is 0 Å². The predicted octanol–water partition coefficient (Wildman–Crippen LogP) is 3.61. The van der Waals surface area contributed by atoms with E-state index < -0.39 is 16.6 Å². The number of nitrogens with zero attached hydrogens (tertiary/aromatic N) is 3. The van der Waals surface area contributed by atoms with Gasteiger partial charge in [0, 0.05) is 36.7 Å². The van der Waals surface area contributed by atoms with Gasteiger partial charge in [0.15, 0.2) is 0 Å². The maximum Gasteiger partial charge on any atom is 0.410 e. The molecule has 2 aliphatic heterocycles. The number of carbonyl (C=O) groups is 1. The molecule has 34 heavy (non-hydrogen) atoms. The van der Waals surface area contributed by atoms with E-state index in [1.54, 1.807) is 12.0 Å². The lowest BCUT2D eigenvalue weighted by Gasteiger charge is -2.61. The van der Waals surface area contributed by atoms with Gasteiger partial charge < -0.3 is 19.5 Å². The van der Waals surface area contributed by atoms with Crippen LogP contribution >= 0.6 is 0 Å². The zero-order chi connectivity index (χ0) is 24.3. The van der Waals surface area contributed by atoms with Crippen LogP contribution in [0.2, 0.25) is 0 Å². The number of ether oxygens (including phenoxy) is 2. The number of likely N-dealkylation sites (tertiary alicyclic amines) is 2. The Morgan fingerprint density at radius 2 is 1.91 bits per heavy atom. The Bertz CT molecular complexity index is 1020. The van der Waals surface area contributed by atoms with E-state index in [9.17, 15) is 15.2 Å². The fourth-order valence-electron chi connectivity index (χ4n) is 6.77. The minimum absolute atomic E-state index is 0.00872. The lowest BCUT2D eigenvalue weighted by atomic mass is 9.52. The third kappa shape index (κ3) is 3.67. The van der Waals surface area contributed by atoms with Gasteiger partial charge in [-0.05, 0) is 83.4 Å². The van der Waals surface area contributed by atoms with Crippen molar-refractivity contribution in [3.63, 3.8) is 0 Å². The van der Waals surface area contributed by atoms with Gasteiger partial charge in [0.25, 0.3) is 0 Å². The first-order chi connectivity index (χ1) is 16.1. The molecule has 1 aromatic rings. The second kappa shape index (κ2) is 8.13. The van der Waals surface area contributed by atoms with Crippen LogP contribution in [0.4, 0.5) is 4.79 Å². The molecule has 2 heterocycles. The normalized spacial score (nSPS) is 31.1. The summed E-state index contributed by atoms with van der Waals surface area (Å²) in [5.74, 6) is 1.33. The summed E-state index contributed by atoms with van der Waals surface area (Å²) in [6.45, 7) is 8.53. The highest BCUT2D eigenvalue weighted by atomic mass is 16.6. The molecule has 0 unspecified atom stereocenters. The summed E-state index contributed by atoms with van der Waals surface area (Å²) in [7, 11) is 1.62. The molecule has 2 aliphatic carbocycles. The molecule has 1 aromatic carbocycles. The standard InChI is InChI=1S/C27H37N3O4/c1-25(2,3)34-24(31)29-12-9-26-10-13-30(17-18-5-6-18)21(27(26,32)11-14-29)15-19-7-8-20(16-28)23(33-4)22(19)26/h7-8,18,21,32H,5-6,9-15,17H2,1-4H3/t21-,26+,27-/m1/s1. The zero-order valence-electron chi connectivity index (χ0n) is 20.9. The van der Waals surface area contributed by atoms with E-state index in [-0.39, 0.29) is 12.1 Å². The monoisotopic (exact) mass is 467 g/mol. The third-order valence-electron chi connectivity index (χ3n) is 8.52. The quantitative estimate of drug-likeness (QED) is 0.731. The van der Waals surface area contributed by atoms with Crippen molar-refractivity contribution in [2.24, 2.45) is 5.92 Å². The topological polar surface area (TPSA) is 86.0 Å². The molecule has 3 atom stereocenters. The first-order valence-electron chi connectivity index (χ1n) is 12.7. The molecule has 2 bridgehead atoms. The SMILES string of the molecule is COc1c(C#N)ccc2c1[C@@]13CCN(C(=O)OC(C)(C)C)CC[C@@]1(O)[C@@H](C2)N(CC1CC1)CC3. The fourth-order valence-corrected chi connectivity index (χ4v) is 6.77. The molecule has 1 N–H and O–H groups in total.